The van der Waals surface area contributed by atoms with E-state index in [0.717, 1.165) is 11.4 Å². The molecule has 1 aromatic carbocycles. The highest BCUT2D eigenvalue weighted by molar-refractivity contribution is 7.98. The molecule has 2 aromatic heterocycles. The highest BCUT2D eigenvalue weighted by Gasteiger charge is 2.40. The van der Waals surface area contributed by atoms with Gasteiger partial charge in [-0.15, -0.1) is 11.8 Å². The van der Waals surface area contributed by atoms with Crippen molar-refractivity contribution >= 4 is 11.8 Å². The minimum atomic E-state index is -0.0210. The van der Waals surface area contributed by atoms with E-state index in [1.807, 2.05) is 36.4 Å². The molecular formula is C20H16N2S. The summed E-state index contributed by atoms with van der Waals surface area (Å²) in [5.74, 6) is 1.02. The maximum atomic E-state index is 4.68. The Balaban J connectivity index is 1.91. The van der Waals surface area contributed by atoms with Crippen LogP contribution in [0, 0.1) is 0 Å². The highest BCUT2D eigenvalue weighted by atomic mass is 32.2. The maximum Gasteiger partial charge on any atom is 0.0746 e. The predicted molar refractivity (Wildman–Crippen MR) is 94.6 cm³/mol. The van der Waals surface area contributed by atoms with Crippen molar-refractivity contribution in [2.75, 3.05) is 0 Å². The van der Waals surface area contributed by atoms with Crippen LogP contribution in [0.15, 0.2) is 53.8 Å². The Morgan fingerprint density at radius 3 is 2.87 bits per heavy atom. The quantitative estimate of drug-likeness (QED) is 0.580. The number of benzene rings is 1. The van der Waals surface area contributed by atoms with E-state index in [2.05, 4.69) is 48.1 Å². The lowest BCUT2D eigenvalue weighted by Crippen LogP contribution is -2.17. The van der Waals surface area contributed by atoms with Gasteiger partial charge >= 0.3 is 0 Å². The Kier molecular flexibility index (Phi) is 2.58. The van der Waals surface area contributed by atoms with E-state index in [1.54, 1.807) is 0 Å². The van der Waals surface area contributed by atoms with Gasteiger partial charge in [0.15, 0.2) is 0 Å². The summed E-state index contributed by atoms with van der Waals surface area (Å²) in [6.07, 6.45) is 5.80. The maximum absolute atomic E-state index is 4.68. The molecule has 0 unspecified atom stereocenters. The van der Waals surface area contributed by atoms with Crippen molar-refractivity contribution in [3.05, 3.63) is 65.6 Å². The molecule has 2 nitrogen and oxygen atoms in total. The Morgan fingerprint density at radius 2 is 1.96 bits per heavy atom. The van der Waals surface area contributed by atoms with Crippen LogP contribution < -0.4 is 0 Å². The third-order valence-corrected chi connectivity index (χ3v) is 6.18. The summed E-state index contributed by atoms with van der Waals surface area (Å²) in [7, 11) is 0. The summed E-state index contributed by atoms with van der Waals surface area (Å²) in [4.78, 5) is 10.3. The molecular weight excluding hydrogens is 300 g/mol. The molecule has 23 heavy (non-hydrogen) atoms. The third-order valence-electron chi connectivity index (χ3n) is 5.09. The van der Waals surface area contributed by atoms with E-state index >= 15 is 0 Å². The molecule has 3 aromatic rings. The van der Waals surface area contributed by atoms with E-state index in [0.29, 0.717) is 0 Å². The van der Waals surface area contributed by atoms with Gasteiger partial charge in [0.05, 0.1) is 5.69 Å². The number of hydrogen-bond acceptors (Lipinski definition) is 3. The van der Waals surface area contributed by atoms with Crippen molar-refractivity contribution < 1.29 is 0 Å². The molecule has 1 aliphatic heterocycles. The Bertz CT molecular complexity index is 960. The van der Waals surface area contributed by atoms with Crippen molar-refractivity contribution in [3.8, 4) is 22.4 Å². The molecule has 3 heterocycles. The van der Waals surface area contributed by atoms with Crippen LogP contribution in [-0.4, -0.2) is 9.97 Å². The van der Waals surface area contributed by atoms with Gasteiger partial charge in [-0.25, -0.2) is 0 Å². The lowest BCUT2D eigenvalue weighted by Gasteiger charge is -2.28. The molecule has 0 spiro atoms. The Hall–Kier alpha value is -2.13. The second-order valence-corrected chi connectivity index (χ2v) is 7.72. The zero-order chi connectivity index (χ0) is 15.6. The number of thioether (sulfide) groups is 1. The second kappa shape index (κ2) is 4.45. The monoisotopic (exact) mass is 316 g/mol. The summed E-state index contributed by atoms with van der Waals surface area (Å²) < 4.78 is 0. The first-order chi connectivity index (χ1) is 11.2. The summed E-state index contributed by atoms with van der Waals surface area (Å²) in [6.45, 7) is 4.64. The van der Waals surface area contributed by atoms with Crippen LogP contribution in [-0.2, 0) is 11.2 Å². The minimum Gasteiger partial charge on any atom is -0.264 e. The topological polar surface area (TPSA) is 25.8 Å². The fourth-order valence-electron chi connectivity index (χ4n) is 4.04. The third kappa shape index (κ3) is 1.66. The normalized spacial score (nSPS) is 16.3. The molecule has 0 bridgehead atoms. The van der Waals surface area contributed by atoms with Gasteiger partial charge in [-0.05, 0) is 39.9 Å². The predicted octanol–water partition coefficient (Wildman–Crippen LogP) is 5.06. The Morgan fingerprint density at radius 1 is 1.04 bits per heavy atom. The van der Waals surface area contributed by atoms with Gasteiger partial charge < -0.3 is 0 Å². The van der Waals surface area contributed by atoms with Crippen molar-refractivity contribution in [2.45, 2.75) is 29.9 Å². The molecule has 1 aliphatic carbocycles. The number of aromatic nitrogens is 2. The van der Waals surface area contributed by atoms with Crippen LogP contribution in [0.5, 0.6) is 0 Å². The van der Waals surface area contributed by atoms with Crippen LogP contribution >= 0.6 is 11.8 Å². The van der Waals surface area contributed by atoms with Crippen molar-refractivity contribution in [2.24, 2.45) is 0 Å². The average molecular weight is 316 g/mol. The average Bonchev–Trinajstić information content (AvgIpc) is 2.83. The lowest BCUT2D eigenvalue weighted by atomic mass is 9.77. The van der Waals surface area contributed by atoms with Gasteiger partial charge in [0, 0.05) is 40.2 Å². The number of rotatable bonds is 0. The van der Waals surface area contributed by atoms with Gasteiger partial charge in [0.2, 0.25) is 0 Å². The first-order valence-electron chi connectivity index (χ1n) is 7.87. The van der Waals surface area contributed by atoms with E-state index in [9.17, 15) is 0 Å². The van der Waals surface area contributed by atoms with Crippen molar-refractivity contribution in [1.29, 1.82) is 0 Å². The first kappa shape index (κ1) is 13.3. The first-order valence-corrected chi connectivity index (χ1v) is 8.86. The number of pyridine rings is 2. The fourth-order valence-corrected chi connectivity index (χ4v) is 5.05. The smallest absolute Gasteiger partial charge is 0.0746 e. The molecule has 2 aliphatic rings. The van der Waals surface area contributed by atoms with Crippen LogP contribution in [0.25, 0.3) is 22.4 Å². The van der Waals surface area contributed by atoms with Gasteiger partial charge in [-0.1, -0.05) is 32.0 Å². The molecule has 0 radical (unpaired) electrons. The summed E-state index contributed by atoms with van der Waals surface area (Å²) in [6, 6.07) is 11.0. The minimum absolute atomic E-state index is 0.0210. The van der Waals surface area contributed by atoms with Crippen LogP contribution in [0.2, 0.25) is 0 Å². The molecule has 5 rings (SSSR count). The van der Waals surface area contributed by atoms with Crippen molar-refractivity contribution in [1.82, 2.24) is 9.97 Å². The van der Waals surface area contributed by atoms with E-state index in [4.69, 9.17) is 0 Å². The number of hydrogen-bond donors (Lipinski definition) is 0. The molecule has 112 valence electrons. The van der Waals surface area contributed by atoms with Crippen LogP contribution in [0.4, 0.5) is 0 Å². The molecule has 0 atom stereocenters. The van der Waals surface area contributed by atoms with E-state index in [-0.39, 0.29) is 5.41 Å². The molecule has 0 saturated heterocycles. The summed E-state index contributed by atoms with van der Waals surface area (Å²) in [5.41, 5.74) is 9.32. The molecule has 0 fully saturated rings. The molecule has 0 N–H and O–H groups in total. The number of nitrogens with zero attached hydrogens (tertiary/aromatic N) is 2. The van der Waals surface area contributed by atoms with Gasteiger partial charge in [0.1, 0.15) is 0 Å². The zero-order valence-corrected chi connectivity index (χ0v) is 13.9. The van der Waals surface area contributed by atoms with Gasteiger partial charge in [-0.2, -0.15) is 0 Å². The van der Waals surface area contributed by atoms with Crippen LogP contribution in [0.1, 0.15) is 30.5 Å². The van der Waals surface area contributed by atoms with Gasteiger partial charge in [-0.3, -0.25) is 9.97 Å². The van der Waals surface area contributed by atoms with Gasteiger partial charge in [0.25, 0.3) is 0 Å². The zero-order valence-electron chi connectivity index (χ0n) is 13.1. The molecule has 3 heteroatoms. The SMILES string of the molecule is CC1(C)c2cccnc2-c2ccc3c(c21)-c1ccncc1SC3. The largest absolute Gasteiger partial charge is 0.264 e. The molecule has 0 amide bonds. The Labute approximate surface area is 140 Å². The van der Waals surface area contributed by atoms with Crippen LogP contribution in [0.3, 0.4) is 0 Å². The summed E-state index contributed by atoms with van der Waals surface area (Å²) in [5, 5.41) is 0. The van der Waals surface area contributed by atoms with E-state index in [1.165, 1.54) is 38.3 Å². The number of fused-ring (bicyclic) bond motifs is 7. The second-order valence-electron chi connectivity index (χ2n) is 6.71. The van der Waals surface area contributed by atoms with Crippen molar-refractivity contribution in [3.63, 3.8) is 0 Å². The fraction of sp³-hybridized carbons (Fsp3) is 0.200. The molecule has 0 saturated carbocycles. The standard InChI is InChI=1S/C20H16N2S/c1-20(2)15-4-3-8-22-19(15)14-6-5-12-11-23-16-10-21-9-7-13(16)17(12)18(14)20/h3-10H,11H2,1-2H3. The van der Waals surface area contributed by atoms with E-state index < -0.39 is 0 Å². The lowest BCUT2D eigenvalue weighted by molar-refractivity contribution is 0.659. The summed E-state index contributed by atoms with van der Waals surface area (Å²) >= 11 is 1.88. The highest BCUT2D eigenvalue weighted by Crippen LogP contribution is 2.54.